The number of allylic oxidation sites excluding steroid dienone is 1. The van der Waals surface area contributed by atoms with Gasteiger partial charge in [-0.15, -0.1) is 0 Å². The lowest BCUT2D eigenvalue weighted by Crippen LogP contribution is -1.93. The van der Waals surface area contributed by atoms with Crippen molar-refractivity contribution in [2.24, 2.45) is 0 Å². The lowest BCUT2D eigenvalue weighted by Gasteiger charge is -1.93. The molecule has 2 heteroatoms. The highest BCUT2D eigenvalue weighted by Crippen LogP contribution is 2.02. The molecule has 0 aliphatic heterocycles. The van der Waals surface area contributed by atoms with Crippen LogP contribution in [0.5, 0.6) is 0 Å². The molecule has 0 bridgehead atoms. The number of carbonyl (C=O) groups is 1. The Hall–Kier alpha value is -0.790. The van der Waals surface area contributed by atoms with Gasteiger partial charge in [0.1, 0.15) is 0 Å². The van der Waals surface area contributed by atoms with E-state index in [0.29, 0.717) is 0 Å². The Morgan fingerprint density at radius 2 is 2.17 bits per heavy atom. The van der Waals surface area contributed by atoms with Crippen LogP contribution < -0.4 is 0 Å². The first kappa shape index (κ1) is 11.2. The second kappa shape index (κ2) is 8.31. The van der Waals surface area contributed by atoms with Crippen molar-refractivity contribution in [1.29, 1.82) is 0 Å². The third kappa shape index (κ3) is 7.32. The summed E-state index contributed by atoms with van der Waals surface area (Å²) < 4.78 is 4.44. The Kier molecular flexibility index (Phi) is 7.76. The van der Waals surface area contributed by atoms with E-state index >= 15 is 0 Å². The van der Waals surface area contributed by atoms with Crippen molar-refractivity contribution in [3.63, 3.8) is 0 Å². The van der Waals surface area contributed by atoms with E-state index in [1.807, 2.05) is 6.08 Å². The monoisotopic (exact) mass is 169 g/mol. The van der Waals surface area contributed by atoms with Gasteiger partial charge in [-0.2, -0.15) is 0 Å². The number of ether oxygens (including phenoxy) is 1. The summed E-state index contributed by atoms with van der Waals surface area (Å²) in [5.74, 6) is -0.271. The molecular formula is C10H17O2. The Morgan fingerprint density at radius 1 is 1.42 bits per heavy atom. The van der Waals surface area contributed by atoms with Gasteiger partial charge in [-0.25, -0.2) is 4.79 Å². The Labute approximate surface area is 74.6 Å². The molecule has 0 fully saturated rings. The standard InChI is InChI=1S/C10H17O2/c1-3-4-5-6-7-8-9-10(11)12-2/h8-9H,1,3-7H2,2H3. The predicted octanol–water partition coefficient (Wildman–Crippen LogP) is 2.50. The molecule has 1 radical (unpaired) electrons. The van der Waals surface area contributed by atoms with E-state index in [0.717, 1.165) is 19.3 Å². The van der Waals surface area contributed by atoms with Crippen molar-refractivity contribution in [2.75, 3.05) is 7.11 Å². The van der Waals surface area contributed by atoms with Crippen LogP contribution in [0.2, 0.25) is 0 Å². The maximum Gasteiger partial charge on any atom is 0.330 e. The normalized spacial score (nSPS) is 10.5. The van der Waals surface area contributed by atoms with Crippen molar-refractivity contribution in [2.45, 2.75) is 32.1 Å². The lowest BCUT2D eigenvalue weighted by atomic mass is 10.1. The van der Waals surface area contributed by atoms with Crippen molar-refractivity contribution in [3.8, 4) is 0 Å². The third-order valence-electron chi connectivity index (χ3n) is 1.58. The van der Waals surface area contributed by atoms with Crippen LogP contribution in [0.3, 0.4) is 0 Å². The van der Waals surface area contributed by atoms with E-state index in [9.17, 15) is 4.79 Å². The number of unbranched alkanes of at least 4 members (excludes halogenated alkanes) is 4. The fourth-order valence-electron chi connectivity index (χ4n) is 0.863. The highest BCUT2D eigenvalue weighted by atomic mass is 16.5. The molecule has 0 spiro atoms. The topological polar surface area (TPSA) is 26.3 Å². The number of hydrogen-bond donors (Lipinski definition) is 0. The number of carbonyl (C=O) groups excluding carboxylic acids is 1. The molecule has 12 heavy (non-hydrogen) atoms. The molecule has 0 aromatic carbocycles. The number of esters is 1. The van der Waals surface area contributed by atoms with E-state index in [-0.39, 0.29) is 5.97 Å². The van der Waals surface area contributed by atoms with Crippen LogP contribution >= 0.6 is 0 Å². The van der Waals surface area contributed by atoms with Crippen LogP contribution in [0.4, 0.5) is 0 Å². The van der Waals surface area contributed by atoms with Gasteiger partial charge in [0.2, 0.25) is 0 Å². The van der Waals surface area contributed by atoms with Crippen molar-refractivity contribution < 1.29 is 9.53 Å². The van der Waals surface area contributed by atoms with Gasteiger partial charge in [-0.05, 0) is 12.8 Å². The van der Waals surface area contributed by atoms with E-state index in [4.69, 9.17) is 0 Å². The van der Waals surface area contributed by atoms with Gasteiger partial charge < -0.3 is 4.74 Å². The van der Waals surface area contributed by atoms with Crippen molar-refractivity contribution in [1.82, 2.24) is 0 Å². The van der Waals surface area contributed by atoms with Gasteiger partial charge in [0.25, 0.3) is 0 Å². The van der Waals surface area contributed by atoms with Crippen molar-refractivity contribution >= 4 is 5.97 Å². The molecule has 0 amide bonds. The summed E-state index contributed by atoms with van der Waals surface area (Å²) in [6, 6.07) is 0. The van der Waals surface area contributed by atoms with Crippen molar-refractivity contribution in [3.05, 3.63) is 19.1 Å². The molecule has 0 saturated heterocycles. The maximum atomic E-state index is 10.6. The second-order valence-corrected chi connectivity index (χ2v) is 2.63. The Balaban J connectivity index is 3.18. The van der Waals surface area contributed by atoms with Crippen LogP contribution in [0.15, 0.2) is 12.2 Å². The van der Waals surface area contributed by atoms with E-state index < -0.39 is 0 Å². The summed E-state index contributed by atoms with van der Waals surface area (Å²) >= 11 is 0. The van der Waals surface area contributed by atoms with Crippen LogP contribution in [0.25, 0.3) is 0 Å². The molecule has 0 N–H and O–H groups in total. The average molecular weight is 169 g/mol. The summed E-state index contributed by atoms with van der Waals surface area (Å²) in [6.45, 7) is 3.75. The van der Waals surface area contributed by atoms with Gasteiger partial charge in [0.05, 0.1) is 7.11 Å². The Morgan fingerprint density at radius 3 is 2.75 bits per heavy atom. The summed E-state index contributed by atoms with van der Waals surface area (Å²) in [7, 11) is 1.38. The van der Waals surface area contributed by atoms with Gasteiger partial charge in [0.15, 0.2) is 0 Å². The molecule has 0 aromatic rings. The third-order valence-corrected chi connectivity index (χ3v) is 1.58. The van der Waals surface area contributed by atoms with Crippen LogP contribution in [-0.4, -0.2) is 13.1 Å². The fraction of sp³-hybridized carbons (Fsp3) is 0.600. The van der Waals surface area contributed by atoms with Crippen LogP contribution in [-0.2, 0) is 9.53 Å². The highest BCUT2D eigenvalue weighted by Gasteiger charge is 1.89. The lowest BCUT2D eigenvalue weighted by molar-refractivity contribution is -0.134. The van der Waals surface area contributed by atoms with Crippen LogP contribution in [0.1, 0.15) is 32.1 Å². The second-order valence-electron chi connectivity index (χ2n) is 2.63. The van der Waals surface area contributed by atoms with E-state index in [1.165, 1.54) is 26.0 Å². The van der Waals surface area contributed by atoms with E-state index in [1.54, 1.807) is 0 Å². The van der Waals surface area contributed by atoms with E-state index in [2.05, 4.69) is 11.7 Å². The molecule has 0 atom stereocenters. The zero-order chi connectivity index (χ0) is 9.23. The summed E-state index contributed by atoms with van der Waals surface area (Å²) in [6.07, 6.45) is 8.78. The minimum Gasteiger partial charge on any atom is -0.466 e. The summed E-state index contributed by atoms with van der Waals surface area (Å²) in [5.41, 5.74) is 0. The molecule has 0 aliphatic carbocycles. The maximum absolute atomic E-state index is 10.6. The smallest absolute Gasteiger partial charge is 0.330 e. The highest BCUT2D eigenvalue weighted by molar-refractivity contribution is 5.81. The van der Waals surface area contributed by atoms with Gasteiger partial charge in [-0.1, -0.05) is 32.3 Å². The molecule has 0 aliphatic rings. The SMILES string of the molecule is [CH2]CCCCCC=CC(=O)OC. The predicted molar refractivity (Wildman–Crippen MR) is 49.6 cm³/mol. The first-order valence-electron chi connectivity index (χ1n) is 4.35. The zero-order valence-electron chi connectivity index (χ0n) is 7.71. The quantitative estimate of drug-likeness (QED) is 0.347. The molecule has 69 valence electrons. The zero-order valence-corrected chi connectivity index (χ0v) is 7.71. The molecule has 2 nitrogen and oxygen atoms in total. The minimum atomic E-state index is -0.271. The van der Waals surface area contributed by atoms with Crippen LogP contribution in [0, 0.1) is 6.92 Å². The molecule has 0 aromatic heterocycles. The minimum absolute atomic E-state index is 0.271. The largest absolute Gasteiger partial charge is 0.466 e. The average Bonchev–Trinajstić information content (AvgIpc) is 2.10. The molecule has 0 heterocycles. The number of methoxy groups -OCH3 is 1. The van der Waals surface area contributed by atoms with Gasteiger partial charge in [-0.3, -0.25) is 0 Å². The summed E-state index contributed by atoms with van der Waals surface area (Å²) in [5, 5.41) is 0. The molecule has 0 saturated carbocycles. The Bertz CT molecular complexity index is 139. The number of rotatable bonds is 6. The number of hydrogen-bond acceptors (Lipinski definition) is 2. The molecule has 0 unspecified atom stereocenters. The fourth-order valence-corrected chi connectivity index (χ4v) is 0.863. The molecule has 0 rings (SSSR count). The first-order valence-corrected chi connectivity index (χ1v) is 4.35. The van der Waals surface area contributed by atoms with Gasteiger partial charge in [0, 0.05) is 6.08 Å². The first-order chi connectivity index (χ1) is 5.81. The van der Waals surface area contributed by atoms with Gasteiger partial charge >= 0.3 is 5.97 Å². The summed E-state index contributed by atoms with van der Waals surface area (Å²) in [4.78, 5) is 10.6. The molecular weight excluding hydrogens is 152 g/mol.